The zero-order chi connectivity index (χ0) is 21.7. The Labute approximate surface area is 179 Å². The second-order valence-electron chi connectivity index (χ2n) is 7.95. The molecule has 0 saturated carbocycles. The molecule has 6 nitrogen and oxygen atoms in total. The first-order valence-corrected chi connectivity index (χ1v) is 10.1. The molecule has 3 saturated heterocycles. The van der Waals surface area contributed by atoms with Crippen LogP contribution < -0.4 is 10.4 Å². The standard InChI is InChI=1S/C21H22ClFN2O2.CH2O2/c1-25-9-7-14(8-10-25)20(13-25)27-21(26)24-19-6-5-17(23)12-18(19)15-3-2-4-16(22)11-15;2-1-3/h2-6,11-12,14,20H,7-10,13H2,1H3;1H,(H,2,3)/t14?,20-,25?;/m0./s1. The highest BCUT2D eigenvalue weighted by atomic mass is 35.5. The molecule has 30 heavy (non-hydrogen) atoms. The highest BCUT2D eigenvalue weighted by molar-refractivity contribution is 6.30. The summed E-state index contributed by atoms with van der Waals surface area (Å²) >= 11 is 6.06. The molecule has 8 heteroatoms. The number of rotatable bonds is 3. The van der Waals surface area contributed by atoms with Crippen LogP contribution in [0, 0.1) is 11.7 Å². The first-order valence-electron chi connectivity index (χ1n) is 9.76. The van der Waals surface area contributed by atoms with Crippen LogP contribution in [0.4, 0.5) is 14.9 Å². The zero-order valence-corrected chi connectivity index (χ0v) is 17.4. The molecular formula is C22H24ClFN2O4. The minimum atomic E-state index is -0.500. The van der Waals surface area contributed by atoms with Crippen molar-refractivity contribution in [3.63, 3.8) is 0 Å². The molecule has 3 heterocycles. The molecule has 2 bridgehead atoms. The fourth-order valence-corrected chi connectivity index (χ4v) is 4.47. The van der Waals surface area contributed by atoms with Crippen molar-refractivity contribution >= 4 is 29.9 Å². The topological polar surface area (TPSA) is 78.5 Å². The summed E-state index contributed by atoms with van der Waals surface area (Å²) in [5, 5.41) is 11.6. The molecular weight excluding hydrogens is 411 g/mol. The van der Waals surface area contributed by atoms with Crippen molar-refractivity contribution in [1.29, 1.82) is 0 Å². The molecule has 3 aliphatic rings. The van der Waals surface area contributed by atoms with Gasteiger partial charge in [-0.3, -0.25) is 5.32 Å². The maximum atomic E-state index is 13.8. The Morgan fingerprint density at radius 3 is 2.60 bits per heavy atom. The maximum Gasteiger partial charge on any atom is 0.412 e. The van der Waals surface area contributed by atoms with E-state index in [0.717, 1.165) is 42.5 Å². The average Bonchev–Trinajstić information content (AvgIpc) is 2.70. The third kappa shape index (κ3) is 5.29. The first kappa shape index (κ1) is 22.1. The van der Waals surface area contributed by atoms with Crippen molar-refractivity contribution < 1.29 is 28.3 Å². The highest BCUT2D eigenvalue weighted by Crippen LogP contribution is 2.35. The van der Waals surface area contributed by atoms with E-state index in [1.54, 1.807) is 24.3 Å². The molecule has 0 aromatic heterocycles. The van der Waals surface area contributed by atoms with Crippen molar-refractivity contribution in [2.45, 2.75) is 18.9 Å². The Balaban J connectivity index is 0.000000806. The number of nitrogens with zero attached hydrogens (tertiary/aromatic N) is 1. The number of piperidine rings is 3. The lowest BCUT2D eigenvalue weighted by Crippen LogP contribution is -2.62. The third-order valence-corrected chi connectivity index (χ3v) is 6.07. The number of ether oxygens (including phenoxy) is 1. The molecule has 0 spiro atoms. The Morgan fingerprint density at radius 1 is 1.27 bits per heavy atom. The second kappa shape index (κ2) is 9.45. The number of carboxylic acid groups (broad SMARTS) is 1. The average molecular weight is 435 g/mol. The minimum Gasteiger partial charge on any atom is -0.554 e. The van der Waals surface area contributed by atoms with Crippen molar-refractivity contribution in [3.8, 4) is 11.1 Å². The van der Waals surface area contributed by atoms with Crippen LogP contribution in [0.3, 0.4) is 0 Å². The van der Waals surface area contributed by atoms with E-state index < -0.39 is 12.6 Å². The number of anilines is 1. The van der Waals surface area contributed by atoms with Gasteiger partial charge in [-0.25, -0.2) is 9.18 Å². The summed E-state index contributed by atoms with van der Waals surface area (Å²) in [5.74, 6) is 0.0648. The number of amides is 1. The fraction of sp³-hybridized carbons (Fsp3) is 0.364. The summed E-state index contributed by atoms with van der Waals surface area (Å²) in [7, 11) is 2.22. The van der Waals surface area contributed by atoms with Gasteiger partial charge in [0.1, 0.15) is 12.4 Å². The number of carbonyl (C=O) groups is 2. The van der Waals surface area contributed by atoms with Gasteiger partial charge in [0.05, 0.1) is 25.8 Å². The lowest BCUT2D eigenvalue weighted by atomic mass is 9.84. The number of nitrogens with one attached hydrogen (secondary N) is 1. The lowest BCUT2D eigenvalue weighted by molar-refractivity contribution is -0.928. The van der Waals surface area contributed by atoms with Gasteiger partial charge < -0.3 is 19.1 Å². The Kier molecular flexibility index (Phi) is 6.95. The molecule has 0 radical (unpaired) electrons. The predicted octanol–water partition coefficient (Wildman–Crippen LogP) is 3.30. The van der Waals surface area contributed by atoms with Gasteiger partial charge in [-0.2, -0.15) is 0 Å². The Bertz CT molecular complexity index is 916. The van der Waals surface area contributed by atoms with E-state index in [1.165, 1.54) is 12.1 Å². The van der Waals surface area contributed by atoms with Crippen molar-refractivity contribution in [1.82, 2.24) is 0 Å². The predicted molar refractivity (Wildman–Crippen MR) is 110 cm³/mol. The first-order chi connectivity index (χ1) is 14.3. The van der Waals surface area contributed by atoms with E-state index in [9.17, 15) is 9.18 Å². The number of fused-ring (bicyclic) bond motifs is 3. The zero-order valence-electron chi connectivity index (χ0n) is 16.6. The monoisotopic (exact) mass is 434 g/mol. The molecule has 1 atom stereocenters. The van der Waals surface area contributed by atoms with Crippen molar-refractivity contribution in [3.05, 3.63) is 53.3 Å². The highest BCUT2D eigenvalue weighted by Gasteiger charge is 2.45. The lowest BCUT2D eigenvalue weighted by Gasteiger charge is -2.49. The number of likely N-dealkylation sites (N-methyl/N-ethyl adjacent to an activating group) is 1. The minimum absolute atomic E-state index is 0.0624. The summed E-state index contributed by atoms with van der Waals surface area (Å²) in [5.41, 5.74) is 1.81. The van der Waals surface area contributed by atoms with E-state index in [1.807, 2.05) is 6.07 Å². The second-order valence-corrected chi connectivity index (χ2v) is 8.39. The molecule has 160 valence electrons. The summed E-state index contributed by atoms with van der Waals surface area (Å²) < 4.78 is 20.5. The molecule has 0 aliphatic carbocycles. The molecule has 3 aliphatic heterocycles. The van der Waals surface area contributed by atoms with Crippen molar-refractivity contribution in [2.24, 2.45) is 5.92 Å². The van der Waals surface area contributed by atoms with E-state index in [0.29, 0.717) is 22.2 Å². The smallest absolute Gasteiger partial charge is 0.412 e. The Morgan fingerprint density at radius 2 is 1.97 bits per heavy atom. The van der Waals surface area contributed by atoms with Gasteiger partial charge >= 0.3 is 6.09 Å². The molecule has 2 aromatic rings. The summed E-state index contributed by atoms with van der Waals surface area (Å²) in [6.45, 7) is 2.68. The molecule has 5 rings (SSSR count). The summed E-state index contributed by atoms with van der Waals surface area (Å²) in [6, 6.07) is 11.4. The molecule has 1 N–H and O–H groups in total. The third-order valence-electron chi connectivity index (χ3n) is 5.84. The van der Waals surface area contributed by atoms with Crippen LogP contribution in [-0.2, 0) is 9.53 Å². The maximum absolute atomic E-state index is 13.8. The van der Waals surface area contributed by atoms with Gasteiger partial charge in [0.2, 0.25) is 0 Å². The summed E-state index contributed by atoms with van der Waals surface area (Å²) in [4.78, 5) is 20.8. The number of benzene rings is 2. The molecule has 3 fully saturated rings. The normalized spacial score (nSPS) is 24.4. The van der Waals surface area contributed by atoms with Gasteiger partial charge in [0, 0.05) is 35.8 Å². The molecule has 1 amide bonds. The van der Waals surface area contributed by atoms with Gasteiger partial charge in [-0.1, -0.05) is 23.7 Å². The number of hydrogen-bond donors (Lipinski definition) is 1. The van der Waals surface area contributed by atoms with Gasteiger partial charge in [-0.15, -0.1) is 0 Å². The van der Waals surface area contributed by atoms with Gasteiger partial charge in [-0.05, 0) is 35.9 Å². The SMILES string of the molecule is C[N+]12CCC(CC1)[C@@H](OC(=O)Nc1ccc(F)cc1-c1cccc(Cl)c1)C2.O=C[O-]. The van der Waals surface area contributed by atoms with Crippen LogP contribution in [0.1, 0.15) is 12.8 Å². The van der Waals surface area contributed by atoms with Crippen molar-refractivity contribution in [2.75, 3.05) is 32.0 Å². The molecule has 2 aromatic carbocycles. The number of quaternary nitrogens is 1. The van der Waals surface area contributed by atoms with Gasteiger partial charge in [0.25, 0.3) is 0 Å². The molecule has 0 unspecified atom stereocenters. The quantitative estimate of drug-likeness (QED) is 0.594. The van der Waals surface area contributed by atoms with E-state index >= 15 is 0 Å². The number of halogens is 2. The van der Waals surface area contributed by atoms with Crippen LogP contribution in [0.15, 0.2) is 42.5 Å². The van der Waals surface area contributed by atoms with Crippen LogP contribution in [0.25, 0.3) is 11.1 Å². The largest absolute Gasteiger partial charge is 0.554 e. The van der Waals surface area contributed by atoms with E-state index in [2.05, 4.69) is 12.4 Å². The summed E-state index contributed by atoms with van der Waals surface area (Å²) in [6.07, 6.45) is 1.64. The van der Waals surface area contributed by atoms with Crippen LogP contribution >= 0.6 is 11.6 Å². The van der Waals surface area contributed by atoms with Gasteiger partial charge in [0.15, 0.2) is 6.10 Å². The number of carbonyl (C=O) groups excluding carboxylic acids is 2. The Hall–Kier alpha value is -2.64. The van der Waals surface area contributed by atoms with E-state index in [-0.39, 0.29) is 11.9 Å². The van der Waals surface area contributed by atoms with Crippen LogP contribution in [-0.4, -0.2) is 49.8 Å². The number of hydrogen-bond acceptors (Lipinski definition) is 4. The fourth-order valence-electron chi connectivity index (χ4n) is 4.28. The van der Waals surface area contributed by atoms with Crippen LogP contribution in [0.2, 0.25) is 5.02 Å². The van der Waals surface area contributed by atoms with Crippen LogP contribution in [0.5, 0.6) is 0 Å². The van der Waals surface area contributed by atoms with E-state index in [4.69, 9.17) is 26.2 Å².